The van der Waals surface area contributed by atoms with Crippen LogP contribution in [0.4, 0.5) is 0 Å². The van der Waals surface area contributed by atoms with Gasteiger partial charge in [-0.1, -0.05) is 36.8 Å². The molecule has 28 heavy (non-hydrogen) atoms. The van der Waals surface area contributed by atoms with E-state index in [1.807, 2.05) is 30.3 Å². The first-order valence-electron chi connectivity index (χ1n) is 9.53. The Hall–Kier alpha value is -2.37. The third-order valence-corrected chi connectivity index (χ3v) is 4.92. The Labute approximate surface area is 165 Å². The molecule has 0 amide bonds. The number of aliphatic carboxylic acids is 1. The Kier molecular flexibility index (Phi) is 8.48. The van der Waals surface area contributed by atoms with Crippen molar-refractivity contribution in [3.8, 4) is 5.75 Å². The van der Waals surface area contributed by atoms with Crippen LogP contribution >= 0.6 is 0 Å². The quantitative estimate of drug-likeness (QED) is 0.212. The smallest absolute Gasteiger partial charge is 0.367 e. The molecule has 4 N–H and O–H groups in total. The lowest BCUT2D eigenvalue weighted by molar-refractivity contribution is -0.227. The summed E-state index contributed by atoms with van der Waals surface area (Å²) in [4.78, 5) is 10.6. The molecule has 152 valence electrons. The third-order valence-electron chi connectivity index (χ3n) is 4.92. The van der Waals surface area contributed by atoms with Crippen LogP contribution in [0.5, 0.6) is 5.75 Å². The molecule has 1 aromatic rings. The van der Waals surface area contributed by atoms with E-state index in [0.717, 1.165) is 43.9 Å². The molecule has 0 radical (unpaired) electrons. The molecule has 1 saturated carbocycles. The normalized spacial score (nSPS) is 20.5. The van der Waals surface area contributed by atoms with Crippen LogP contribution in [0.3, 0.4) is 0 Å². The molecular weight excluding hydrogens is 360 g/mol. The molecule has 0 saturated heterocycles. The molecule has 2 rings (SSSR count). The number of benzene rings is 1. The molecular formula is C22H28O6. The van der Waals surface area contributed by atoms with E-state index in [1.54, 1.807) is 6.08 Å². The van der Waals surface area contributed by atoms with E-state index >= 15 is 0 Å². The standard InChI is InChI=1S/C22H28O6/c23-20(22(26,27)21(24)25)15-5-4-9-17-11-8-12-18(17)10-6-7-16-28-19-13-2-1-3-14-19/h1-4,6,10,13-15,17-18,20,23,26-27H,7-9,11-12,16H2,(H,24,25)/t5?,17-,18-,20?/m0/s1. The molecule has 3 atom stereocenters. The predicted molar refractivity (Wildman–Crippen MR) is 105 cm³/mol. The molecule has 0 aliphatic heterocycles. The average molecular weight is 388 g/mol. The van der Waals surface area contributed by atoms with Crippen molar-refractivity contribution < 1.29 is 30.0 Å². The maximum Gasteiger partial charge on any atom is 0.367 e. The molecule has 1 aliphatic carbocycles. The number of hydrogen-bond acceptors (Lipinski definition) is 5. The van der Waals surface area contributed by atoms with Crippen LogP contribution in [0.2, 0.25) is 0 Å². The number of ether oxygens (including phenoxy) is 1. The van der Waals surface area contributed by atoms with Crippen LogP contribution in [0, 0.1) is 11.8 Å². The molecule has 0 bridgehead atoms. The van der Waals surface area contributed by atoms with Crippen LogP contribution in [-0.2, 0) is 4.79 Å². The lowest BCUT2D eigenvalue weighted by Gasteiger charge is -2.19. The number of hydrogen-bond donors (Lipinski definition) is 4. The number of allylic oxidation sites excluding steroid dienone is 1. The van der Waals surface area contributed by atoms with Gasteiger partial charge in [0.05, 0.1) is 6.61 Å². The second kappa shape index (κ2) is 10.8. The highest BCUT2D eigenvalue weighted by atomic mass is 16.6. The maximum atomic E-state index is 10.6. The fraction of sp³-hybridized carbons (Fsp3) is 0.455. The summed E-state index contributed by atoms with van der Waals surface area (Å²) in [5.41, 5.74) is 2.66. The van der Waals surface area contributed by atoms with Gasteiger partial charge in [-0.15, -0.1) is 5.73 Å². The topological polar surface area (TPSA) is 107 Å². The van der Waals surface area contributed by atoms with Crippen molar-refractivity contribution in [3.63, 3.8) is 0 Å². The fourth-order valence-corrected chi connectivity index (χ4v) is 3.27. The lowest BCUT2D eigenvalue weighted by Crippen LogP contribution is -2.48. The highest BCUT2D eigenvalue weighted by molar-refractivity contribution is 5.76. The first-order valence-corrected chi connectivity index (χ1v) is 9.53. The summed E-state index contributed by atoms with van der Waals surface area (Å²) in [6, 6.07) is 9.70. The minimum absolute atomic E-state index is 0.455. The third kappa shape index (κ3) is 6.66. The zero-order valence-corrected chi connectivity index (χ0v) is 15.8. The number of rotatable bonds is 10. The second-order valence-electron chi connectivity index (χ2n) is 6.98. The van der Waals surface area contributed by atoms with Crippen LogP contribution in [0.1, 0.15) is 32.1 Å². The second-order valence-corrected chi connectivity index (χ2v) is 6.98. The van der Waals surface area contributed by atoms with E-state index in [-0.39, 0.29) is 0 Å². The highest BCUT2D eigenvalue weighted by Gasteiger charge is 2.40. The Morgan fingerprint density at radius 3 is 2.75 bits per heavy atom. The van der Waals surface area contributed by atoms with E-state index in [9.17, 15) is 20.1 Å². The maximum absolute atomic E-state index is 10.6. The van der Waals surface area contributed by atoms with Gasteiger partial charge in [0.1, 0.15) is 11.9 Å². The van der Waals surface area contributed by atoms with Gasteiger partial charge in [0.25, 0.3) is 5.79 Å². The van der Waals surface area contributed by atoms with Gasteiger partial charge in [-0.2, -0.15) is 0 Å². The summed E-state index contributed by atoms with van der Waals surface area (Å²) in [5, 5.41) is 36.6. The molecule has 1 fully saturated rings. The first-order chi connectivity index (χ1) is 13.4. The lowest BCUT2D eigenvalue weighted by atomic mass is 9.92. The van der Waals surface area contributed by atoms with Crippen molar-refractivity contribution in [2.75, 3.05) is 6.61 Å². The molecule has 1 aromatic carbocycles. The van der Waals surface area contributed by atoms with Crippen molar-refractivity contribution in [3.05, 3.63) is 60.4 Å². The van der Waals surface area contributed by atoms with E-state index < -0.39 is 17.9 Å². The molecule has 6 nitrogen and oxygen atoms in total. The molecule has 6 heteroatoms. The van der Waals surface area contributed by atoms with E-state index in [4.69, 9.17) is 9.84 Å². The monoisotopic (exact) mass is 388 g/mol. The van der Waals surface area contributed by atoms with Crippen molar-refractivity contribution in [2.45, 2.75) is 44.0 Å². The van der Waals surface area contributed by atoms with E-state index in [2.05, 4.69) is 17.9 Å². The summed E-state index contributed by atoms with van der Waals surface area (Å²) in [7, 11) is 0. The number of carboxylic acids is 1. The van der Waals surface area contributed by atoms with Gasteiger partial charge in [-0.05, 0) is 61.8 Å². The molecule has 0 spiro atoms. The van der Waals surface area contributed by atoms with Crippen LogP contribution < -0.4 is 4.74 Å². The summed E-state index contributed by atoms with van der Waals surface area (Å²) < 4.78 is 5.67. The van der Waals surface area contributed by atoms with E-state index in [1.165, 1.54) is 0 Å². The number of carbonyl (C=O) groups is 1. The first kappa shape index (κ1) is 21.9. The van der Waals surface area contributed by atoms with Gasteiger partial charge in [0.15, 0.2) is 0 Å². The summed E-state index contributed by atoms with van der Waals surface area (Å²) >= 11 is 0. The summed E-state index contributed by atoms with van der Waals surface area (Å²) in [6.45, 7) is 0.631. The Morgan fingerprint density at radius 1 is 1.29 bits per heavy atom. The van der Waals surface area contributed by atoms with Crippen molar-refractivity contribution in [1.82, 2.24) is 0 Å². The summed E-state index contributed by atoms with van der Waals surface area (Å²) in [5.74, 6) is -3.33. The largest absolute Gasteiger partial charge is 0.493 e. The van der Waals surface area contributed by atoms with Crippen LogP contribution in [0.25, 0.3) is 0 Å². The van der Waals surface area contributed by atoms with Gasteiger partial charge in [-0.3, -0.25) is 0 Å². The van der Waals surface area contributed by atoms with Crippen molar-refractivity contribution in [2.24, 2.45) is 11.8 Å². The van der Waals surface area contributed by atoms with Gasteiger partial charge >= 0.3 is 5.97 Å². The Bertz CT molecular complexity index is 703. The number of aliphatic hydroxyl groups is 3. The van der Waals surface area contributed by atoms with Crippen LogP contribution in [0.15, 0.2) is 60.4 Å². The fourth-order valence-electron chi connectivity index (χ4n) is 3.27. The SMILES string of the molecule is O=C(O)C(O)(O)C(O)C=C=CC[C@H]1CCC[C@@H]1C=CCCOc1ccccc1. The minimum atomic E-state index is -3.21. The minimum Gasteiger partial charge on any atom is -0.493 e. The Balaban J connectivity index is 1.76. The van der Waals surface area contributed by atoms with Crippen molar-refractivity contribution in [1.29, 1.82) is 0 Å². The molecule has 1 aliphatic rings. The van der Waals surface area contributed by atoms with Gasteiger partial charge in [-0.25, -0.2) is 4.79 Å². The zero-order valence-electron chi connectivity index (χ0n) is 15.8. The van der Waals surface area contributed by atoms with Gasteiger partial charge in [0, 0.05) is 0 Å². The summed E-state index contributed by atoms with van der Waals surface area (Å²) in [6.07, 6.45) is 10.0. The zero-order chi connectivity index (χ0) is 20.4. The predicted octanol–water partition coefficient (Wildman–Crippen LogP) is 2.66. The molecule has 0 aromatic heterocycles. The number of aliphatic hydroxyl groups excluding tert-OH is 1. The van der Waals surface area contributed by atoms with E-state index in [0.29, 0.717) is 18.4 Å². The van der Waals surface area contributed by atoms with Crippen molar-refractivity contribution >= 4 is 5.97 Å². The number of para-hydroxylation sites is 1. The number of carboxylic acid groups (broad SMARTS) is 1. The van der Waals surface area contributed by atoms with Crippen LogP contribution in [-0.4, -0.2) is 44.9 Å². The molecule has 1 unspecified atom stereocenters. The molecule has 0 heterocycles. The Morgan fingerprint density at radius 2 is 2.04 bits per heavy atom. The average Bonchev–Trinajstić information content (AvgIpc) is 3.12. The van der Waals surface area contributed by atoms with Gasteiger partial charge in [0.2, 0.25) is 0 Å². The van der Waals surface area contributed by atoms with Gasteiger partial charge < -0.3 is 25.2 Å². The highest BCUT2D eigenvalue weighted by Crippen LogP contribution is 2.35.